The summed E-state index contributed by atoms with van der Waals surface area (Å²) >= 11 is 15.3. The number of carbonyl (C=O) groups is 1. The lowest BCUT2D eigenvalue weighted by atomic mass is 10.1. The second kappa shape index (κ2) is 9.51. The van der Waals surface area contributed by atoms with Crippen molar-refractivity contribution in [3.05, 3.63) is 44.6 Å². The molecule has 9 heteroatoms. The minimum atomic E-state index is -0.206. The lowest BCUT2D eigenvalue weighted by molar-refractivity contribution is -0.113. The van der Waals surface area contributed by atoms with Gasteiger partial charge in [-0.2, -0.15) is 0 Å². The average molecular weight is 469 g/mol. The number of thiophene rings is 1. The van der Waals surface area contributed by atoms with E-state index in [1.54, 1.807) is 29.5 Å². The third-order valence-corrected chi connectivity index (χ3v) is 6.99. The third kappa shape index (κ3) is 5.15. The number of anilines is 1. The van der Waals surface area contributed by atoms with Crippen LogP contribution in [0.5, 0.6) is 0 Å². The van der Waals surface area contributed by atoms with Crippen LogP contribution in [0.2, 0.25) is 10.0 Å². The van der Waals surface area contributed by atoms with E-state index in [0.29, 0.717) is 26.8 Å². The zero-order valence-electron chi connectivity index (χ0n) is 16.6. The molecule has 1 amide bonds. The summed E-state index contributed by atoms with van der Waals surface area (Å²) in [6.07, 6.45) is 0. The Bertz CT molecular complexity index is 994. The Labute approximate surface area is 188 Å². The van der Waals surface area contributed by atoms with Gasteiger partial charge in [0.2, 0.25) is 5.91 Å². The van der Waals surface area contributed by atoms with Crippen LogP contribution in [-0.2, 0) is 4.79 Å². The lowest BCUT2D eigenvalue weighted by Crippen LogP contribution is -2.15. The molecule has 0 bridgehead atoms. The Kier molecular flexibility index (Phi) is 7.27. The molecule has 29 heavy (non-hydrogen) atoms. The highest BCUT2D eigenvalue weighted by atomic mass is 35.5. The minimum Gasteiger partial charge on any atom is -0.323 e. The molecule has 0 unspecified atom stereocenters. The fourth-order valence-corrected chi connectivity index (χ4v) is 5.00. The topological polar surface area (TPSA) is 59.8 Å². The summed E-state index contributed by atoms with van der Waals surface area (Å²) in [6.45, 7) is 8.51. The highest BCUT2D eigenvalue weighted by Crippen LogP contribution is 2.33. The molecule has 154 valence electrons. The standard InChI is InChI=1S/C20H22Cl2N4OS2/c1-11(2)16-8-13(9-28-16)19-24-25-20(26(19)12(3)4)29-10-17(27)23-18-14(21)6-5-7-15(18)22/h5-9,11-12H,10H2,1-4H3,(H,23,27). The van der Waals surface area contributed by atoms with E-state index in [4.69, 9.17) is 23.2 Å². The molecule has 0 aliphatic carbocycles. The van der Waals surface area contributed by atoms with Crippen LogP contribution in [0.25, 0.3) is 11.4 Å². The highest BCUT2D eigenvalue weighted by molar-refractivity contribution is 7.99. The van der Waals surface area contributed by atoms with Crippen LogP contribution in [-0.4, -0.2) is 26.4 Å². The molecule has 0 atom stereocenters. The predicted molar refractivity (Wildman–Crippen MR) is 124 cm³/mol. The van der Waals surface area contributed by atoms with Crippen LogP contribution in [0.3, 0.4) is 0 Å². The third-order valence-electron chi connectivity index (χ3n) is 4.19. The van der Waals surface area contributed by atoms with E-state index < -0.39 is 0 Å². The SMILES string of the molecule is CC(C)c1cc(-c2nnc(SCC(=O)Nc3c(Cl)cccc3Cl)n2C(C)C)cs1. The van der Waals surface area contributed by atoms with Crippen molar-refractivity contribution in [3.8, 4) is 11.4 Å². The molecule has 0 saturated carbocycles. The molecule has 0 radical (unpaired) electrons. The Morgan fingerprint density at radius 1 is 1.21 bits per heavy atom. The Balaban J connectivity index is 1.75. The molecule has 1 N–H and O–H groups in total. The van der Waals surface area contributed by atoms with E-state index in [1.165, 1.54) is 16.6 Å². The molecule has 0 spiro atoms. The number of nitrogens with zero attached hydrogens (tertiary/aromatic N) is 3. The largest absolute Gasteiger partial charge is 0.323 e. The van der Waals surface area contributed by atoms with Crippen molar-refractivity contribution in [2.24, 2.45) is 0 Å². The van der Waals surface area contributed by atoms with E-state index in [-0.39, 0.29) is 17.7 Å². The van der Waals surface area contributed by atoms with Crippen LogP contribution in [0, 0.1) is 0 Å². The number of amides is 1. The minimum absolute atomic E-state index is 0.158. The Morgan fingerprint density at radius 3 is 2.48 bits per heavy atom. The summed E-state index contributed by atoms with van der Waals surface area (Å²) in [7, 11) is 0. The van der Waals surface area contributed by atoms with Crippen molar-refractivity contribution in [1.29, 1.82) is 0 Å². The molecule has 0 fully saturated rings. The number of nitrogens with one attached hydrogen (secondary N) is 1. The van der Waals surface area contributed by atoms with Gasteiger partial charge in [0.05, 0.1) is 21.5 Å². The first-order valence-corrected chi connectivity index (χ1v) is 11.8. The molecular formula is C20H22Cl2N4OS2. The van der Waals surface area contributed by atoms with Gasteiger partial charge in [0.25, 0.3) is 0 Å². The number of rotatable bonds is 7. The molecule has 5 nitrogen and oxygen atoms in total. The van der Waals surface area contributed by atoms with Gasteiger partial charge in [-0.05, 0) is 38.0 Å². The van der Waals surface area contributed by atoms with E-state index >= 15 is 0 Å². The van der Waals surface area contributed by atoms with Gasteiger partial charge in [-0.15, -0.1) is 21.5 Å². The second-order valence-electron chi connectivity index (χ2n) is 7.10. The fourth-order valence-electron chi connectivity index (χ4n) is 2.73. The first-order valence-electron chi connectivity index (χ1n) is 9.18. The summed E-state index contributed by atoms with van der Waals surface area (Å²) in [4.78, 5) is 13.7. The predicted octanol–water partition coefficient (Wildman–Crippen LogP) is 6.75. The molecule has 0 saturated heterocycles. The molecule has 3 aromatic rings. The van der Waals surface area contributed by atoms with Crippen molar-refractivity contribution in [3.63, 3.8) is 0 Å². The Hall–Kier alpha value is -1.54. The maximum Gasteiger partial charge on any atom is 0.234 e. The summed E-state index contributed by atoms with van der Waals surface area (Å²) in [5.74, 6) is 1.26. The van der Waals surface area contributed by atoms with Crippen molar-refractivity contribution in [2.45, 2.75) is 44.8 Å². The number of benzene rings is 1. The second-order valence-corrected chi connectivity index (χ2v) is 9.80. The average Bonchev–Trinajstić information content (AvgIpc) is 3.29. The first kappa shape index (κ1) is 22.2. The van der Waals surface area contributed by atoms with Crippen LogP contribution in [0.15, 0.2) is 34.8 Å². The van der Waals surface area contributed by atoms with Gasteiger partial charge in [-0.25, -0.2) is 0 Å². The summed E-state index contributed by atoms with van der Waals surface area (Å²) in [5.41, 5.74) is 1.48. The highest BCUT2D eigenvalue weighted by Gasteiger charge is 2.19. The van der Waals surface area contributed by atoms with Crippen molar-refractivity contribution >= 4 is 57.9 Å². The van der Waals surface area contributed by atoms with Crippen molar-refractivity contribution in [2.75, 3.05) is 11.1 Å². The van der Waals surface area contributed by atoms with E-state index in [9.17, 15) is 4.79 Å². The summed E-state index contributed by atoms with van der Waals surface area (Å²) in [6, 6.07) is 7.43. The molecule has 0 aliphatic heterocycles. The van der Waals surface area contributed by atoms with Crippen LogP contribution >= 0.6 is 46.3 Å². The van der Waals surface area contributed by atoms with Gasteiger partial charge in [-0.3, -0.25) is 9.36 Å². The van der Waals surface area contributed by atoms with Crippen molar-refractivity contribution in [1.82, 2.24) is 14.8 Å². The summed E-state index contributed by atoms with van der Waals surface area (Å²) < 4.78 is 2.06. The quantitative estimate of drug-likeness (QED) is 0.389. The molecule has 2 aromatic heterocycles. The van der Waals surface area contributed by atoms with E-state index in [0.717, 1.165) is 11.4 Å². The van der Waals surface area contributed by atoms with E-state index in [2.05, 4.69) is 59.2 Å². The van der Waals surface area contributed by atoms with Gasteiger partial charge < -0.3 is 5.32 Å². The number of hydrogen-bond acceptors (Lipinski definition) is 5. The number of thioether (sulfide) groups is 1. The normalized spacial score (nSPS) is 11.4. The zero-order valence-corrected chi connectivity index (χ0v) is 19.7. The maximum absolute atomic E-state index is 12.4. The van der Waals surface area contributed by atoms with Gasteiger partial charge in [-0.1, -0.05) is 54.9 Å². The monoisotopic (exact) mass is 468 g/mol. The molecule has 1 aromatic carbocycles. The van der Waals surface area contributed by atoms with Gasteiger partial charge >= 0.3 is 0 Å². The smallest absolute Gasteiger partial charge is 0.234 e. The molecular weight excluding hydrogens is 447 g/mol. The molecule has 2 heterocycles. The lowest BCUT2D eigenvalue weighted by Gasteiger charge is -2.13. The van der Waals surface area contributed by atoms with E-state index in [1.807, 2.05) is 0 Å². The van der Waals surface area contributed by atoms with Gasteiger partial charge in [0, 0.05) is 21.9 Å². The zero-order chi connectivity index (χ0) is 21.1. The van der Waals surface area contributed by atoms with Gasteiger partial charge in [0.1, 0.15) is 0 Å². The van der Waals surface area contributed by atoms with Crippen LogP contribution < -0.4 is 5.32 Å². The summed E-state index contributed by atoms with van der Waals surface area (Å²) in [5, 5.41) is 15.1. The van der Waals surface area contributed by atoms with Gasteiger partial charge in [0.15, 0.2) is 11.0 Å². The number of halogens is 2. The number of carbonyl (C=O) groups excluding carboxylic acids is 1. The first-order chi connectivity index (χ1) is 13.8. The van der Waals surface area contributed by atoms with Crippen LogP contribution in [0.1, 0.15) is 44.5 Å². The van der Waals surface area contributed by atoms with Crippen LogP contribution in [0.4, 0.5) is 5.69 Å². The maximum atomic E-state index is 12.4. The number of aromatic nitrogens is 3. The molecule has 3 rings (SSSR count). The number of para-hydroxylation sites is 1. The fraction of sp³-hybridized carbons (Fsp3) is 0.350. The number of hydrogen-bond donors (Lipinski definition) is 1. The molecule has 0 aliphatic rings. The Morgan fingerprint density at radius 2 is 1.90 bits per heavy atom. The van der Waals surface area contributed by atoms with Crippen molar-refractivity contribution < 1.29 is 4.79 Å².